The zero-order valence-electron chi connectivity index (χ0n) is 17.8. The molecule has 3 heterocycles. The first-order valence-electron chi connectivity index (χ1n) is 10.5. The monoisotopic (exact) mass is 466 g/mol. The van der Waals surface area contributed by atoms with E-state index in [1.807, 2.05) is 4.90 Å². The van der Waals surface area contributed by atoms with Crippen LogP contribution in [0.15, 0.2) is 29.2 Å². The summed E-state index contributed by atoms with van der Waals surface area (Å²) in [5.41, 5.74) is 1.77. The number of piperidine rings is 1. The van der Waals surface area contributed by atoms with Gasteiger partial charge < -0.3 is 9.64 Å². The van der Waals surface area contributed by atoms with Crippen molar-refractivity contribution in [3.05, 3.63) is 40.7 Å². The van der Waals surface area contributed by atoms with E-state index >= 15 is 0 Å². The summed E-state index contributed by atoms with van der Waals surface area (Å²) >= 11 is 5.97. The third kappa shape index (κ3) is 4.37. The Bertz CT molecular complexity index is 1050. The fourth-order valence-corrected chi connectivity index (χ4v) is 6.30. The number of amides is 1. The number of hydrogen-bond acceptors (Lipinski definition) is 5. The Hall–Kier alpha value is -1.94. The molecular formula is C21H27ClN4O4S. The summed E-state index contributed by atoms with van der Waals surface area (Å²) < 4.78 is 35.3. The van der Waals surface area contributed by atoms with Crippen molar-refractivity contribution < 1.29 is 17.9 Å². The fourth-order valence-electron chi connectivity index (χ4n) is 4.35. The summed E-state index contributed by atoms with van der Waals surface area (Å²) in [6.45, 7) is 6.48. The fraction of sp³-hybridized carbons (Fsp3) is 0.524. The summed E-state index contributed by atoms with van der Waals surface area (Å²) in [6.07, 6.45) is 1.05. The molecule has 2 aliphatic heterocycles. The Kier molecular flexibility index (Phi) is 6.39. The standard InChI is InChI=1S/C21H27ClN4O4S/c1-15-20(16(2)26(23-15)19-5-3-18(22)4-6-19)31(28,29)25-9-7-17(8-10-25)21(27)24-11-13-30-14-12-24/h3-6,17H,7-14H2,1-2H3. The molecule has 4 rings (SSSR count). The zero-order valence-corrected chi connectivity index (χ0v) is 19.3. The van der Waals surface area contributed by atoms with Crippen molar-refractivity contribution in [2.75, 3.05) is 39.4 Å². The third-order valence-electron chi connectivity index (χ3n) is 6.02. The Labute approximate surface area is 187 Å². The highest BCUT2D eigenvalue weighted by Crippen LogP contribution is 2.30. The normalized spacial score (nSPS) is 19.0. The molecule has 0 atom stereocenters. The van der Waals surface area contributed by atoms with E-state index in [4.69, 9.17) is 16.3 Å². The van der Waals surface area contributed by atoms with Crippen molar-refractivity contribution in [2.24, 2.45) is 5.92 Å². The molecule has 0 saturated carbocycles. The maximum absolute atomic E-state index is 13.4. The lowest BCUT2D eigenvalue weighted by atomic mass is 9.96. The predicted octanol–water partition coefficient (Wildman–Crippen LogP) is 2.40. The van der Waals surface area contributed by atoms with Gasteiger partial charge in [0.15, 0.2) is 0 Å². The molecule has 0 bridgehead atoms. The molecule has 2 fully saturated rings. The number of carbonyl (C=O) groups excluding carboxylic acids is 1. The number of aryl methyl sites for hydroxylation is 1. The lowest BCUT2D eigenvalue weighted by molar-refractivity contribution is -0.140. The minimum Gasteiger partial charge on any atom is -0.378 e. The van der Waals surface area contributed by atoms with E-state index in [-0.39, 0.29) is 16.7 Å². The summed E-state index contributed by atoms with van der Waals surface area (Å²) in [7, 11) is -3.71. The average Bonchev–Trinajstić information content (AvgIpc) is 3.09. The van der Waals surface area contributed by atoms with Gasteiger partial charge in [-0.25, -0.2) is 13.1 Å². The van der Waals surface area contributed by atoms with Gasteiger partial charge in [-0.05, 0) is 51.0 Å². The second kappa shape index (κ2) is 8.90. The molecule has 10 heteroatoms. The molecule has 1 aromatic carbocycles. The minimum absolute atomic E-state index is 0.114. The van der Waals surface area contributed by atoms with Crippen LogP contribution in [0.1, 0.15) is 24.2 Å². The van der Waals surface area contributed by atoms with Crippen molar-refractivity contribution in [1.82, 2.24) is 19.0 Å². The number of halogens is 1. The lowest BCUT2D eigenvalue weighted by Gasteiger charge is -2.35. The molecule has 1 amide bonds. The quantitative estimate of drug-likeness (QED) is 0.690. The maximum atomic E-state index is 13.4. The predicted molar refractivity (Wildman–Crippen MR) is 117 cm³/mol. The smallest absolute Gasteiger partial charge is 0.246 e. The topological polar surface area (TPSA) is 84.7 Å². The van der Waals surface area contributed by atoms with Gasteiger partial charge in [0, 0.05) is 37.1 Å². The van der Waals surface area contributed by atoms with E-state index in [0.29, 0.717) is 68.6 Å². The average molecular weight is 467 g/mol. The van der Waals surface area contributed by atoms with Gasteiger partial charge in [-0.3, -0.25) is 4.79 Å². The number of aromatic nitrogens is 2. The molecule has 1 aromatic heterocycles. The number of sulfonamides is 1. The number of rotatable bonds is 4. The highest BCUT2D eigenvalue weighted by atomic mass is 35.5. The molecule has 2 aliphatic rings. The second-order valence-electron chi connectivity index (χ2n) is 8.00. The largest absolute Gasteiger partial charge is 0.378 e. The van der Waals surface area contributed by atoms with Gasteiger partial charge >= 0.3 is 0 Å². The Balaban J connectivity index is 1.50. The van der Waals surface area contributed by atoms with Crippen molar-refractivity contribution >= 4 is 27.5 Å². The Morgan fingerprint density at radius 1 is 1.06 bits per heavy atom. The Morgan fingerprint density at radius 2 is 1.68 bits per heavy atom. The van der Waals surface area contributed by atoms with Gasteiger partial charge in [0.1, 0.15) is 4.90 Å². The van der Waals surface area contributed by atoms with Crippen LogP contribution in [0.2, 0.25) is 5.02 Å². The second-order valence-corrected chi connectivity index (χ2v) is 10.3. The molecule has 0 N–H and O–H groups in total. The number of benzene rings is 1. The number of ether oxygens (including phenoxy) is 1. The van der Waals surface area contributed by atoms with Crippen LogP contribution in [0, 0.1) is 19.8 Å². The first kappa shape index (κ1) is 22.3. The van der Waals surface area contributed by atoms with Crippen molar-refractivity contribution in [2.45, 2.75) is 31.6 Å². The van der Waals surface area contributed by atoms with Crippen LogP contribution in [-0.2, 0) is 19.6 Å². The van der Waals surface area contributed by atoms with Gasteiger partial charge in [0.25, 0.3) is 0 Å². The van der Waals surface area contributed by atoms with Crippen molar-refractivity contribution in [3.63, 3.8) is 0 Å². The van der Waals surface area contributed by atoms with E-state index in [1.165, 1.54) is 4.31 Å². The molecule has 0 aliphatic carbocycles. The first-order chi connectivity index (χ1) is 14.8. The van der Waals surface area contributed by atoms with E-state index in [9.17, 15) is 13.2 Å². The van der Waals surface area contributed by atoms with Gasteiger partial charge in [-0.2, -0.15) is 9.40 Å². The SMILES string of the molecule is Cc1nn(-c2ccc(Cl)cc2)c(C)c1S(=O)(=O)N1CCC(C(=O)N2CCOCC2)CC1. The Morgan fingerprint density at radius 3 is 2.29 bits per heavy atom. The molecule has 2 aromatic rings. The molecule has 0 spiro atoms. The van der Waals surface area contributed by atoms with Crippen LogP contribution in [0.5, 0.6) is 0 Å². The third-order valence-corrected chi connectivity index (χ3v) is 8.42. The van der Waals surface area contributed by atoms with Crippen molar-refractivity contribution in [3.8, 4) is 5.69 Å². The van der Waals surface area contributed by atoms with Gasteiger partial charge in [0.2, 0.25) is 15.9 Å². The van der Waals surface area contributed by atoms with Crippen LogP contribution in [0.25, 0.3) is 5.69 Å². The van der Waals surface area contributed by atoms with E-state index < -0.39 is 10.0 Å². The number of hydrogen-bond donors (Lipinski definition) is 0. The van der Waals surface area contributed by atoms with Gasteiger partial charge in [-0.1, -0.05) is 11.6 Å². The van der Waals surface area contributed by atoms with Crippen LogP contribution < -0.4 is 0 Å². The summed E-state index contributed by atoms with van der Waals surface area (Å²) in [5, 5.41) is 5.07. The number of nitrogens with zero attached hydrogens (tertiary/aromatic N) is 4. The van der Waals surface area contributed by atoms with E-state index in [0.717, 1.165) is 5.69 Å². The molecular weight excluding hydrogens is 440 g/mol. The highest BCUT2D eigenvalue weighted by molar-refractivity contribution is 7.89. The van der Waals surface area contributed by atoms with Crippen molar-refractivity contribution in [1.29, 1.82) is 0 Å². The van der Waals surface area contributed by atoms with Crippen LogP contribution in [-0.4, -0.2) is 72.7 Å². The molecule has 0 radical (unpaired) electrons. The van der Waals surface area contributed by atoms with E-state index in [2.05, 4.69) is 5.10 Å². The maximum Gasteiger partial charge on any atom is 0.246 e. The van der Waals surface area contributed by atoms with Crippen LogP contribution in [0.4, 0.5) is 0 Å². The summed E-state index contributed by atoms with van der Waals surface area (Å²) in [4.78, 5) is 14.8. The number of morpholine rings is 1. The van der Waals surface area contributed by atoms with E-state index in [1.54, 1.807) is 42.8 Å². The summed E-state index contributed by atoms with van der Waals surface area (Å²) in [5.74, 6) is -0.0215. The van der Waals surface area contributed by atoms with Crippen LogP contribution >= 0.6 is 11.6 Å². The highest BCUT2D eigenvalue weighted by Gasteiger charge is 2.36. The zero-order chi connectivity index (χ0) is 22.2. The molecule has 168 valence electrons. The molecule has 0 unspecified atom stereocenters. The minimum atomic E-state index is -3.71. The van der Waals surface area contributed by atoms with Gasteiger partial charge in [-0.15, -0.1) is 0 Å². The first-order valence-corrected chi connectivity index (χ1v) is 12.3. The lowest BCUT2D eigenvalue weighted by Crippen LogP contribution is -2.47. The van der Waals surface area contributed by atoms with Gasteiger partial charge in [0.05, 0.1) is 30.3 Å². The number of carbonyl (C=O) groups is 1. The molecule has 31 heavy (non-hydrogen) atoms. The van der Waals surface area contributed by atoms with Crippen LogP contribution in [0.3, 0.4) is 0 Å². The molecule has 8 nitrogen and oxygen atoms in total. The molecule has 2 saturated heterocycles. The summed E-state index contributed by atoms with van der Waals surface area (Å²) in [6, 6.07) is 7.11.